The highest BCUT2D eigenvalue weighted by Crippen LogP contribution is 2.41. The van der Waals surface area contributed by atoms with Crippen LogP contribution in [0.3, 0.4) is 0 Å². The summed E-state index contributed by atoms with van der Waals surface area (Å²) in [4.78, 5) is 28.4. The molecule has 2 fully saturated rings. The number of aromatic nitrogens is 3. The highest BCUT2D eigenvalue weighted by atomic mass is 19.4. The summed E-state index contributed by atoms with van der Waals surface area (Å²) in [7, 11) is 0. The first-order chi connectivity index (χ1) is 16.2. The molecule has 0 aliphatic carbocycles. The van der Waals surface area contributed by atoms with Gasteiger partial charge in [0.05, 0.1) is 23.8 Å². The van der Waals surface area contributed by atoms with Crippen LogP contribution in [0.1, 0.15) is 56.5 Å². The molecule has 9 heteroatoms. The molecule has 2 saturated heterocycles. The predicted molar refractivity (Wildman–Crippen MR) is 120 cm³/mol. The Kier molecular flexibility index (Phi) is 6.04. The number of halogens is 3. The molecular weight excluding hydrogens is 445 g/mol. The summed E-state index contributed by atoms with van der Waals surface area (Å²) in [6.07, 6.45) is 2.95. The minimum Gasteiger partial charge on any atom is -0.439 e. The summed E-state index contributed by atoms with van der Waals surface area (Å²) in [5.74, 6) is 1.46. The molecular formula is C25H27F3N4O2. The fourth-order valence-electron chi connectivity index (χ4n) is 5.54. The standard InChI is InChI=1S/C25H27F3N4O2/c1-15-29-14-23(34-15)21-7-4-17-13-30-18(11-22(17)31-21)12-24(33)32-19-5-6-20(32)10-16(9-19)3-2-8-25(26,27)28/h4,7,11,13-14,16,19-20H,2-3,5-6,8-10,12H2,1H3/t16?,19-,20+. The van der Waals surface area contributed by atoms with Gasteiger partial charge in [0.1, 0.15) is 5.69 Å². The zero-order valence-electron chi connectivity index (χ0n) is 19.0. The van der Waals surface area contributed by atoms with Crippen LogP contribution in [0.15, 0.2) is 35.0 Å². The first kappa shape index (κ1) is 22.8. The zero-order chi connectivity index (χ0) is 23.9. The van der Waals surface area contributed by atoms with Gasteiger partial charge in [-0.2, -0.15) is 13.2 Å². The van der Waals surface area contributed by atoms with Crippen LogP contribution < -0.4 is 0 Å². The summed E-state index contributed by atoms with van der Waals surface area (Å²) < 4.78 is 43.0. The molecule has 5 heterocycles. The van der Waals surface area contributed by atoms with E-state index in [1.165, 1.54) is 0 Å². The number of carbonyl (C=O) groups excluding carboxylic acids is 1. The number of aryl methyl sites for hydroxylation is 1. The van der Waals surface area contributed by atoms with Crippen molar-refractivity contribution in [3.8, 4) is 11.5 Å². The lowest BCUT2D eigenvalue weighted by Gasteiger charge is -2.39. The molecule has 0 aromatic carbocycles. The van der Waals surface area contributed by atoms with E-state index < -0.39 is 12.6 Å². The molecule has 0 N–H and O–H groups in total. The highest BCUT2D eigenvalue weighted by Gasteiger charge is 2.43. The van der Waals surface area contributed by atoms with E-state index in [0.717, 1.165) is 36.6 Å². The molecule has 0 saturated carbocycles. The monoisotopic (exact) mass is 472 g/mol. The third-order valence-electron chi connectivity index (χ3n) is 7.03. The SMILES string of the molecule is Cc1ncc(-c2ccc3cnc(CC(=O)N4[C@@H]5CC[C@H]4CC(CCCC(F)(F)F)C5)cc3n2)o1. The first-order valence-electron chi connectivity index (χ1n) is 11.8. The summed E-state index contributed by atoms with van der Waals surface area (Å²) >= 11 is 0. The summed E-state index contributed by atoms with van der Waals surface area (Å²) in [5, 5.41) is 0.871. The van der Waals surface area contributed by atoms with Gasteiger partial charge in [0.2, 0.25) is 5.91 Å². The molecule has 3 atom stereocenters. The molecule has 1 unspecified atom stereocenters. The van der Waals surface area contributed by atoms with Crippen LogP contribution in [0.5, 0.6) is 0 Å². The molecule has 2 aliphatic rings. The lowest BCUT2D eigenvalue weighted by atomic mass is 9.86. The Morgan fingerprint density at radius 3 is 2.59 bits per heavy atom. The van der Waals surface area contributed by atoms with Gasteiger partial charge in [-0.3, -0.25) is 9.78 Å². The van der Waals surface area contributed by atoms with Gasteiger partial charge in [0.25, 0.3) is 0 Å². The van der Waals surface area contributed by atoms with Gasteiger partial charge < -0.3 is 9.32 Å². The van der Waals surface area contributed by atoms with Crippen molar-refractivity contribution in [3.63, 3.8) is 0 Å². The Bertz CT molecular complexity index is 1180. The van der Waals surface area contributed by atoms with E-state index in [1.54, 1.807) is 19.3 Å². The van der Waals surface area contributed by atoms with Gasteiger partial charge in [-0.05, 0) is 62.6 Å². The number of carbonyl (C=O) groups is 1. The maximum absolute atomic E-state index is 13.2. The van der Waals surface area contributed by atoms with Gasteiger partial charge in [-0.1, -0.05) is 0 Å². The molecule has 0 radical (unpaired) electrons. The Morgan fingerprint density at radius 1 is 1.15 bits per heavy atom. The molecule has 180 valence electrons. The lowest BCUT2D eigenvalue weighted by Crippen LogP contribution is -2.47. The number of hydrogen-bond acceptors (Lipinski definition) is 5. The second kappa shape index (κ2) is 9.00. The smallest absolute Gasteiger partial charge is 0.389 e. The molecule has 0 spiro atoms. The van der Waals surface area contributed by atoms with E-state index in [-0.39, 0.29) is 36.8 Å². The fraction of sp³-hybridized carbons (Fsp3) is 0.520. The van der Waals surface area contributed by atoms with Crippen molar-refractivity contribution < 1.29 is 22.4 Å². The van der Waals surface area contributed by atoms with Gasteiger partial charge in [0.15, 0.2) is 11.7 Å². The van der Waals surface area contributed by atoms with E-state index in [0.29, 0.717) is 29.5 Å². The Labute approximate surface area is 195 Å². The molecule has 3 aromatic heterocycles. The number of oxazole rings is 1. The van der Waals surface area contributed by atoms with Crippen LogP contribution in [0.25, 0.3) is 22.4 Å². The third kappa shape index (κ3) is 4.93. The second-order valence-electron chi connectivity index (χ2n) is 9.52. The minimum absolute atomic E-state index is 0.0371. The zero-order valence-corrected chi connectivity index (χ0v) is 19.0. The van der Waals surface area contributed by atoms with E-state index in [1.807, 2.05) is 23.1 Å². The first-order valence-corrected chi connectivity index (χ1v) is 11.8. The summed E-state index contributed by atoms with van der Waals surface area (Å²) in [6.45, 7) is 1.77. The molecule has 5 rings (SSSR count). The number of nitrogens with zero attached hydrogens (tertiary/aromatic N) is 4. The number of hydrogen-bond donors (Lipinski definition) is 0. The van der Waals surface area contributed by atoms with Crippen molar-refractivity contribution in [2.45, 2.75) is 76.6 Å². The van der Waals surface area contributed by atoms with E-state index >= 15 is 0 Å². The maximum atomic E-state index is 13.2. The second-order valence-corrected chi connectivity index (χ2v) is 9.52. The van der Waals surface area contributed by atoms with Gasteiger partial charge >= 0.3 is 6.18 Å². The van der Waals surface area contributed by atoms with Crippen LogP contribution in [-0.2, 0) is 11.2 Å². The number of amides is 1. The normalized spacial score (nSPS) is 22.5. The van der Waals surface area contributed by atoms with Crippen molar-refractivity contribution >= 4 is 16.8 Å². The van der Waals surface area contributed by atoms with Crippen molar-refractivity contribution in [2.75, 3.05) is 0 Å². The van der Waals surface area contributed by atoms with E-state index in [2.05, 4.69) is 15.0 Å². The number of fused-ring (bicyclic) bond motifs is 3. The van der Waals surface area contributed by atoms with Crippen molar-refractivity contribution in [1.82, 2.24) is 19.9 Å². The number of pyridine rings is 2. The Balaban J connectivity index is 1.25. The third-order valence-corrected chi connectivity index (χ3v) is 7.03. The highest BCUT2D eigenvalue weighted by molar-refractivity contribution is 5.83. The van der Waals surface area contributed by atoms with Crippen LogP contribution in [0.2, 0.25) is 0 Å². The minimum atomic E-state index is -4.09. The van der Waals surface area contributed by atoms with Gasteiger partial charge in [0, 0.05) is 37.0 Å². The Morgan fingerprint density at radius 2 is 1.91 bits per heavy atom. The molecule has 2 bridgehead atoms. The molecule has 3 aromatic rings. The lowest BCUT2D eigenvalue weighted by molar-refractivity contribution is -0.137. The average molecular weight is 473 g/mol. The summed E-state index contributed by atoms with van der Waals surface area (Å²) in [5.41, 5.74) is 2.06. The number of rotatable bonds is 6. The average Bonchev–Trinajstić information content (AvgIpc) is 3.33. The maximum Gasteiger partial charge on any atom is 0.389 e. The van der Waals surface area contributed by atoms with Gasteiger partial charge in [-0.15, -0.1) is 0 Å². The molecule has 2 aliphatic heterocycles. The van der Waals surface area contributed by atoms with Crippen LogP contribution >= 0.6 is 0 Å². The van der Waals surface area contributed by atoms with E-state index in [4.69, 9.17) is 4.42 Å². The number of alkyl halides is 3. The molecule has 6 nitrogen and oxygen atoms in total. The summed E-state index contributed by atoms with van der Waals surface area (Å²) in [6, 6.07) is 5.86. The van der Waals surface area contributed by atoms with E-state index in [9.17, 15) is 18.0 Å². The number of piperidine rings is 1. The topological polar surface area (TPSA) is 72.1 Å². The van der Waals surface area contributed by atoms with Crippen LogP contribution in [-0.4, -0.2) is 44.0 Å². The molecule has 34 heavy (non-hydrogen) atoms. The van der Waals surface area contributed by atoms with Crippen LogP contribution in [0.4, 0.5) is 13.2 Å². The van der Waals surface area contributed by atoms with Gasteiger partial charge in [-0.25, -0.2) is 9.97 Å². The quantitative estimate of drug-likeness (QED) is 0.464. The largest absolute Gasteiger partial charge is 0.439 e. The predicted octanol–water partition coefficient (Wildman–Crippen LogP) is 5.64. The fourth-order valence-corrected chi connectivity index (χ4v) is 5.54. The van der Waals surface area contributed by atoms with Crippen molar-refractivity contribution in [1.29, 1.82) is 0 Å². The Hall–Kier alpha value is -2.97. The van der Waals surface area contributed by atoms with Crippen LogP contribution in [0, 0.1) is 12.8 Å². The van der Waals surface area contributed by atoms with Crippen molar-refractivity contribution in [3.05, 3.63) is 42.2 Å². The van der Waals surface area contributed by atoms with Crippen molar-refractivity contribution in [2.24, 2.45) is 5.92 Å². The molecule has 1 amide bonds.